The number of aliphatic carboxylic acids is 2. The van der Waals surface area contributed by atoms with E-state index in [1.807, 2.05) is 6.07 Å². The molecule has 6 heteroatoms. The Bertz CT molecular complexity index is 418. The number of hydrogen-bond donors (Lipinski definition) is 3. The molecule has 3 N–H and O–H groups in total. The average Bonchev–Trinajstić information content (AvgIpc) is 2.76. The lowest BCUT2D eigenvalue weighted by atomic mass is 10.1. The molecule has 0 fully saturated rings. The van der Waals surface area contributed by atoms with Gasteiger partial charge in [0.25, 0.3) is 0 Å². The van der Waals surface area contributed by atoms with E-state index in [4.69, 9.17) is 24.5 Å². The molecule has 1 heterocycles. The highest BCUT2D eigenvalue weighted by atomic mass is 16.5. The Morgan fingerprint density at radius 3 is 2.47 bits per heavy atom. The van der Waals surface area contributed by atoms with Gasteiger partial charge in [0.15, 0.2) is 0 Å². The quantitative estimate of drug-likeness (QED) is 0.628. The molecule has 0 saturated carbocycles. The summed E-state index contributed by atoms with van der Waals surface area (Å²) in [6, 6.07) is 6.15. The number of nitrogens with one attached hydrogen (secondary N) is 1. The first-order valence-electron chi connectivity index (χ1n) is 4.91. The maximum Gasteiger partial charge on any atom is 0.414 e. The molecule has 0 bridgehead atoms. The maximum absolute atomic E-state index is 9.10. The van der Waals surface area contributed by atoms with Gasteiger partial charge in [-0.05, 0) is 30.2 Å². The van der Waals surface area contributed by atoms with E-state index in [1.54, 1.807) is 7.11 Å². The summed E-state index contributed by atoms with van der Waals surface area (Å²) in [5.41, 5.74) is 2.62. The Morgan fingerprint density at radius 1 is 1.29 bits per heavy atom. The zero-order chi connectivity index (χ0) is 12.8. The van der Waals surface area contributed by atoms with Crippen LogP contribution in [0.15, 0.2) is 18.2 Å². The Morgan fingerprint density at radius 2 is 1.94 bits per heavy atom. The Balaban J connectivity index is 0.000000209. The first-order valence-corrected chi connectivity index (χ1v) is 4.91. The topological polar surface area (TPSA) is 95.9 Å². The predicted molar refractivity (Wildman–Crippen MR) is 60.5 cm³/mol. The molecule has 0 spiro atoms. The second-order valence-corrected chi connectivity index (χ2v) is 3.31. The van der Waals surface area contributed by atoms with Gasteiger partial charge in [0, 0.05) is 12.2 Å². The number of hydrogen-bond acceptors (Lipinski definition) is 4. The van der Waals surface area contributed by atoms with Crippen LogP contribution in [0.1, 0.15) is 5.56 Å². The summed E-state index contributed by atoms with van der Waals surface area (Å²) in [5, 5.41) is 18.1. The summed E-state index contributed by atoms with van der Waals surface area (Å²) < 4.78 is 5.11. The average molecular weight is 239 g/mol. The SMILES string of the molecule is COc1ccc2c(c1)CCN2.O=C(O)C(=O)O. The van der Waals surface area contributed by atoms with E-state index >= 15 is 0 Å². The molecule has 1 aliphatic heterocycles. The van der Waals surface area contributed by atoms with E-state index in [0.717, 1.165) is 18.7 Å². The number of methoxy groups -OCH3 is 1. The Hall–Kier alpha value is -2.24. The minimum Gasteiger partial charge on any atom is -0.497 e. The summed E-state index contributed by atoms with van der Waals surface area (Å²) in [6.07, 6.45) is 1.12. The van der Waals surface area contributed by atoms with Gasteiger partial charge in [-0.1, -0.05) is 0 Å². The molecule has 0 aromatic heterocycles. The summed E-state index contributed by atoms with van der Waals surface area (Å²) in [4.78, 5) is 18.2. The summed E-state index contributed by atoms with van der Waals surface area (Å²) >= 11 is 0. The number of benzene rings is 1. The van der Waals surface area contributed by atoms with Crippen molar-refractivity contribution in [2.75, 3.05) is 19.0 Å². The first-order chi connectivity index (χ1) is 8.04. The lowest BCUT2D eigenvalue weighted by Gasteiger charge is -2.02. The largest absolute Gasteiger partial charge is 0.497 e. The number of rotatable bonds is 1. The number of ether oxygens (including phenoxy) is 1. The summed E-state index contributed by atoms with van der Waals surface area (Å²) in [5.74, 6) is -2.70. The van der Waals surface area contributed by atoms with Crippen LogP contribution in [0.3, 0.4) is 0 Å². The highest BCUT2D eigenvalue weighted by Crippen LogP contribution is 2.25. The van der Waals surface area contributed by atoms with Gasteiger partial charge < -0.3 is 20.3 Å². The van der Waals surface area contributed by atoms with Crippen LogP contribution in [-0.2, 0) is 16.0 Å². The van der Waals surface area contributed by atoms with E-state index in [9.17, 15) is 0 Å². The van der Waals surface area contributed by atoms with Crippen LogP contribution in [0.5, 0.6) is 5.75 Å². The highest BCUT2D eigenvalue weighted by Gasteiger charge is 2.09. The van der Waals surface area contributed by atoms with Gasteiger partial charge in [-0.15, -0.1) is 0 Å². The molecule has 92 valence electrons. The second-order valence-electron chi connectivity index (χ2n) is 3.31. The zero-order valence-electron chi connectivity index (χ0n) is 9.27. The maximum atomic E-state index is 9.10. The van der Waals surface area contributed by atoms with Crippen LogP contribution in [0.25, 0.3) is 0 Å². The van der Waals surface area contributed by atoms with Crippen molar-refractivity contribution in [2.24, 2.45) is 0 Å². The lowest BCUT2D eigenvalue weighted by molar-refractivity contribution is -0.159. The van der Waals surface area contributed by atoms with Crippen molar-refractivity contribution in [1.82, 2.24) is 0 Å². The molecule has 1 aliphatic rings. The van der Waals surface area contributed by atoms with Crippen molar-refractivity contribution in [3.8, 4) is 5.75 Å². The number of carboxylic acids is 2. The van der Waals surface area contributed by atoms with Crippen LogP contribution in [0, 0.1) is 0 Å². The smallest absolute Gasteiger partial charge is 0.414 e. The van der Waals surface area contributed by atoms with Crippen molar-refractivity contribution in [3.05, 3.63) is 23.8 Å². The van der Waals surface area contributed by atoms with Gasteiger partial charge in [-0.2, -0.15) is 0 Å². The molecule has 17 heavy (non-hydrogen) atoms. The molecule has 2 rings (SSSR count). The molecule has 6 nitrogen and oxygen atoms in total. The molecular formula is C11H13NO5. The number of anilines is 1. The number of carbonyl (C=O) groups is 2. The van der Waals surface area contributed by atoms with E-state index in [-0.39, 0.29) is 0 Å². The first kappa shape index (κ1) is 12.8. The van der Waals surface area contributed by atoms with Gasteiger partial charge in [0.1, 0.15) is 5.75 Å². The third-order valence-electron chi connectivity index (χ3n) is 2.21. The van der Waals surface area contributed by atoms with Gasteiger partial charge in [0.2, 0.25) is 0 Å². The minimum absolute atomic E-state index is 0.951. The predicted octanol–water partition coefficient (Wildman–Crippen LogP) is 0.819. The van der Waals surface area contributed by atoms with Gasteiger partial charge in [-0.3, -0.25) is 0 Å². The van der Waals surface area contributed by atoms with Crippen molar-refractivity contribution < 1.29 is 24.5 Å². The minimum atomic E-state index is -1.82. The molecule has 0 amide bonds. The van der Waals surface area contributed by atoms with Crippen LogP contribution < -0.4 is 10.1 Å². The molecule has 0 aliphatic carbocycles. The molecule has 0 atom stereocenters. The van der Waals surface area contributed by atoms with E-state index < -0.39 is 11.9 Å². The normalized spacial score (nSPS) is 11.6. The molecular weight excluding hydrogens is 226 g/mol. The van der Waals surface area contributed by atoms with Crippen molar-refractivity contribution in [3.63, 3.8) is 0 Å². The zero-order valence-corrected chi connectivity index (χ0v) is 9.27. The van der Waals surface area contributed by atoms with Crippen molar-refractivity contribution >= 4 is 17.6 Å². The van der Waals surface area contributed by atoms with Gasteiger partial charge in [-0.25, -0.2) is 9.59 Å². The monoisotopic (exact) mass is 239 g/mol. The summed E-state index contributed by atoms with van der Waals surface area (Å²) in [6.45, 7) is 1.06. The lowest BCUT2D eigenvalue weighted by Crippen LogP contribution is -2.09. The second kappa shape index (κ2) is 5.74. The molecule has 1 aromatic carbocycles. The third-order valence-corrected chi connectivity index (χ3v) is 2.21. The van der Waals surface area contributed by atoms with Crippen LogP contribution >= 0.6 is 0 Å². The third kappa shape index (κ3) is 3.67. The standard InChI is InChI=1S/C9H11NO.C2H2O4/c1-11-8-2-3-9-7(6-8)4-5-10-9;3-1(4)2(5)6/h2-3,6,10H,4-5H2,1H3;(H,3,4)(H,5,6). The number of carboxylic acid groups (broad SMARTS) is 2. The van der Waals surface area contributed by atoms with Crippen LogP contribution in [0.4, 0.5) is 5.69 Å². The van der Waals surface area contributed by atoms with E-state index in [2.05, 4.69) is 17.4 Å². The van der Waals surface area contributed by atoms with Crippen LogP contribution in [-0.4, -0.2) is 35.8 Å². The fraction of sp³-hybridized carbons (Fsp3) is 0.273. The van der Waals surface area contributed by atoms with Gasteiger partial charge >= 0.3 is 11.9 Å². The number of fused-ring (bicyclic) bond motifs is 1. The van der Waals surface area contributed by atoms with Gasteiger partial charge in [0.05, 0.1) is 7.11 Å². The fourth-order valence-corrected chi connectivity index (χ4v) is 1.41. The fourth-order valence-electron chi connectivity index (χ4n) is 1.41. The Labute approximate surface area is 97.8 Å². The van der Waals surface area contributed by atoms with E-state index in [0.29, 0.717) is 0 Å². The van der Waals surface area contributed by atoms with Crippen molar-refractivity contribution in [2.45, 2.75) is 6.42 Å². The molecule has 1 aromatic rings. The van der Waals surface area contributed by atoms with Crippen LogP contribution in [0.2, 0.25) is 0 Å². The summed E-state index contributed by atoms with van der Waals surface area (Å²) in [7, 11) is 1.70. The molecule has 0 saturated heterocycles. The Kier molecular flexibility index (Phi) is 4.33. The van der Waals surface area contributed by atoms with E-state index in [1.165, 1.54) is 11.3 Å². The molecule has 0 unspecified atom stereocenters. The van der Waals surface area contributed by atoms with Crippen molar-refractivity contribution in [1.29, 1.82) is 0 Å². The molecule has 0 radical (unpaired) electrons. The highest BCUT2D eigenvalue weighted by molar-refractivity contribution is 6.27.